The minimum Gasteiger partial charge on any atom is -0.467 e. The molecule has 0 unspecified atom stereocenters. The van der Waals surface area contributed by atoms with Crippen LogP contribution in [0.15, 0.2) is 91.0 Å². The molecule has 0 bridgehead atoms. The van der Waals surface area contributed by atoms with E-state index in [9.17, 15) is 57.5 Å². The fraction of sp³-hybridized carbons (Fsp3) is 0.294. The number of carbonyl (C=O) groups excluding carboxylic acids is 12. The number of hydrogen-bond acceptors (Lipinski definition) is 15. The smallest absolute Gasteiger partial charge is 0.328 e. The zero-order valence-corrected chi connectivity index (χ0v) is 40.7. The summed E-state index contributed by atoms with van der Waals surface area (Å²) < 4.78 is 14.2. The summed E-state index contributed by atoms with van der Waals surface area (Å²) in [5.41, 5.74) is -2.68. The molecule has 6 amide bonds. The van der Waals surface area contributed by atoms with Gasteiger partial charge in [0.1, 0.15) is 18.1 Å². The molecule has 4 aromatic rings. The summed E-state index contributed by atoms with van der Waals surface area (Å²) in [6, 6.07) is 15.7. The molecule has 0 aromatic heterocycles. The second kappa shape index (κ2) is 25.1. The topological polar surface area (TPSA) is 305 Å². The van der Waals surface area contributed by atoms with E-state index in [1.165, 1.54) is 72.8 Å². The zero-order valence-electron chi connectivity index (χ0n) is 40.7. The second-order valence-corrected chi connectivity index (χ2v) is 16.9. The fourth-order valence-electron chi connectivity index (χ4n) is 6.84. The third-order valence-electron chi connectivity index (χ3n) is 10.8. The molecule has 0 aliphatic rings. The van der Waals surface area contributed by atoms with E-state index in [2.05, 4.69) is 31.9 Å². The highest BCUT2D eigenvalue weighted by Crippen LogP contribution is 2.24. The molecular formula is C51H54N6O15. The van der Waals surface area contributed by atoms with Gasteiger partial charge in [0.15, 0.2) is 0 Å². The molecule has 0 saturated heterocycles. The van der Waals surface area contributed by atoms with Gasteiger partial charge in [-0.3, -0.25) is 43.2 Å². The number of methoxy groups -OCH3 is 3. The first-order valence-electron chi connectivity index (χ1n) is 22.2. The number of benzene rings is 4. The number of rotatable bonds is 21. The van der Waals surface area contributed by atoms with Crippen LogP contribution >= 0.6 is 0 Å². The molecule has 0 spiro atoms. The average Bonchev–Trinajstić information content (AvgIpc) is 3.37. The van der Waals surface area contributed by atoms with Crippen molar-refractivity contribution in [3.63, 3.8) is 0 Å². The number of hydrogen-bond donors (Lipinski definition) is 6. The molecular weight excluding hydrogens is 937 g/mol. The van der Waals surface area contributed by atoms with Crippen molar-refractivity contribution in [3.05, 3.63) is 124 Å². The summed E-state index contributed by atoms with van der Waals surface area (Å²) in [6.45, 7) is 9.70. The van der Waals surface area contributed by atoms with Gasteiger partial charge in [0, 0.05) is 16.7 Å². The van der Waals surface area contributed by atoms with Gasteiger partial charge >= 0.3 is 17.9 Å². The maximum Gasteiger partial charge on any atom is 0.328 e. The largest absolute Gasteiger partial charge is 0.467 e. The lowest BCUT2D eigenvalue weighted by Crippen LogP contribution is -2.47. The van der Waals surface area contributed by atoms with E-state index in [4.69, 9.17) is 14.2 Å². The molecule has 3 atom stereocenters. The Kier molecular flexibility index (Phi) is 19.4. The van der Waals surface area contributed by atoms with Crippen LogP contribution in [0.3, 0.4) is 0 Å². The van der Waals surface area contributed by atoms with Gasteiger partial charge in [-0.05, 0) is 72.4 Å². The van der Waals surface area contributed by atoms with E-state index in [1.54, 1.807) is 41.5 Å². The molecule has 0 aliphatic carbocycles. The van der Waals surface area contributed by atoms with Crippen LogP contribution < -0.4 is 31.9 Å². The van der Waals surface area contributed by atoms with Crippen molar-refractivity contribution in [2.75, 3.05) is 37.3 Å². The third-order valence-corrected chi connectivity index (χ3v) is 10.8. The van der Waals surface area contributed by atoms with Gasteiger partial charge in [0.25, 0.3) is 52.8 Å². The lowest BCUT2D eigenvalue weighted by atomic mass is 10.0. The van der Waals surface area contributed by atoms with E-state index in [-0.39, 0.29) is 50.4 Å². The summed E-state index contributed by atoms with van der Waals surface area (Å²) in [4.78, 5) is 160. The predicted molar refractivity (Wildman–Crippen MR) is 259 cm³/mol. The number of anilines is 3. The Labute approximate surface area is 413 Å². The van der Waals surface area contributed by atoms with E-state index in [0.29, 0.717) is 0 Å². The number of nitrogens with one attached hydrogen (secondary N) is 6. The molecule has 21 nitrogen and oxygen atoms in total. The SMILES string of the molecule is COC(=O)[C@@H](NC(=O)C(=O)c1ccccc1NC(=O)c1cc(C(=O)Nc2ccccc2C(=O)C(=O)N[C@H](C(=O)OC)C(C)C)cc(C(=O)Nc2ccccc2C(=O)C(=O)N[C@H](C(=O)OC)C(C)C)c1)C(C)C. The minimum atomic E-state index is -1.20. The Hall–Kier alpha value is -8.88. The van der Waals surface area contributed by atoms with Gasteiger partial charge < -0.3 is 46.1 Å². The van der Waals surface area contributed by atoms with E-state index in [0.717, 1.165) is 39.5 Å². The van der Waals surface area contributed by atoms with E-state index < -0.39 is 107 Å². The monoisotopic (exact) mass is 990 g/mol. The molecule has 0 aliphatic heterocycles. The Balaban J connectivity index is 1.77. The van der Waals surface area contributed by atoms with Crippen LogP contribution in [0.4, 0.5) is 17.1 Å². The van der Waals surface area contributed by atoms with Crippen LogP contribution in [-0.2, 0) is 43.0 Å². The molecule has 4 aromatic carbocycles. The standard InChI is InChI=1S/C51H54N6O15/c1-25(2)37(49(67)70-7)55-46(64)40(58)31-16-10-13-19-34(31)52-43(61)28-22-29(44(62)53-35-20-14-11-17-32(35)41(59)47(65)56-38(26(3)4)50(68)71-8)24-30(23-28)45(63)54-36-21-15-12-18-33(36)42(60)48(66)57-39(27(5)6)51(69)72-9/h10-27,37-39H,1-9H3,(H,52,61)(H,53,62)(H,54,63)(H,55,64)(H,56,65)(H,57,66)/t37-,38-,39-/m0/s1. The van der Waals surface area contributed by atoms with Crippen molar-refractivity contribution < 1.29 is 71.7 Å². The average molecular weight is 991 g/mol. The third kappa shape index (κ3) is 13.9. The number of carbonyl (C=O) groups is 12. The fourth-order valence-corrected chi connectivity index (χ4v) is 6.84. The lowest BCUT2D eigenvalue weighted by Gasteiger charge is -2.20. The lowest BCUT2D eigenvalue weighted by molar-refractivity contribution is -0.146. The summed E-state index contributed by atoms with van der Waals surface area (Å²) in [7, 11) is 3.34. The van der Waals surface area contributed by atoms with Crippen LogP contribution in [0.2, 0.25) is 0 Å². The van der Waals surface area contributed by atoms with Gasteiger partial charge in [0.05, 0.1) is 55.1 Å². The molecule has 4 rings (SSSR count). The molecule has 72 heavy (non-hydrogen) atoms. The predicted octanol–water partition coefficient (Wildman–Crippen LogP) is 3.93. The van der Waals surface area contributed by atoms with Crippen molar-refractivity contribution in [2.24, 2.45) is 17.8 Å². The first kappa shape index (κ1) is 55.7. The Morgan fingerprint density at radius 1 is 0.361 bits per heavy atom. The van der Waals surface area contributed by atoms with Crippen LogP contribution in [0.5, 0.6) is 0 Å². The van der Waals surface area contributed by atoms with Crippen LogP contribution in [-0.4, -0.2) is 110 Å². The maximum atomic E-state index is 14.2. The number of Topliss-reactive ketones (excluding diaryl/α,β-unsaturated/α-hetero) is 3. The van der Waals surface area contributed by atoms with Gasteiger partial charge in [0.2, 0.25) is 0 Å². The van der Waals surface area contributed by atoms with Crippen molar-refractivity contribution in [1.82, 2.24) is 16.0 Å². The molecule has 0 fully saturated rings. The van der Waals surface area contributed by atoms with Crippen LogP contribution in [0.1, 0.15) is 104 Å². The minimum absolute atomic E-state index is 0.196. The Bertz CT molecular complexity index is 2510. The highest BCUT2D eigenvalue weighted by molar-refractivity contribution is 6.45. The van der Waals surface area contributed by atoms with Crippen LogP contribution in [0, 0.1) is 17.8 Å². The number of amides is 6. The molecule has 0 radical (unpaired) electrons. The number of ketones is 3. The normalized spacial score (nSPS) is 12.0. The number of ether oxygens (including phenoxy) is 3. The first-order chi connectivity index (χ1) is 34.0. The number of para-hydroxylation sites is 3. The quantitative estimate of drug-likeness (QED) is 0.0298. The summed E-state index contributed by atoms with van der Waals surface area (Å²) in [6.07, 6.45) is 0. The maximum absolute atomic E-state index is 14.2. The Morgan fingerprint density at radius 2 is 0.583 bits per heavy atom. The van der Waals surface area contributed by atoms with E-state index in [1.807, 2.05) is 0 Å². The van der Waals surface area contributed by atoms with Crippen molar-refractivity contribution in [1.29, 1.82) is 0 Å². The van der Waals surface area contributed by atoms with Crippen LogP contribution in [0.25, 0.3) is 0 Å². The first-order valence-corrected chi connectivity index (χ1v) is 22.2. The summed E-state index contributed by atoms with van der Waals surface area (Å²) in [5, 5.41) is 14.6. The molecule has 378 valence electrons. The molecule has 0 saturated carbocycles. The van der Waals surface area contributed by atoms with Crippen molar-refractivity contribution >= 4 is 87.8 Å². The summed E-state index contributed by atoms with van der Waals surface area (Å²) in [5.74, 6) is -13.9. The van der Waals surface area contributed by atoms with Crippen molar-refractivity contribution in [2.45, 2.75) is 59.7 Å². The molecule has 6 N–H and O–H groups in total. The van der Waals surface area contributed by atoms with Gasteiger partial charge in [-0.2, -0.15) is 0 Å². The van der Waals surface area contributed by atoms with Gasteiger partial charge in [-0.25, -0.2) is 14.4 Å². The Morgan fingerprint density at radius 3 is 0.792 bits per heavy atom. The van der Waals surface area contributed by atoms with Gasteiger partial charge in [-0.1, -0.05) is 77.9 Å². The highest BCUT2D eigenvalue weighted by Gasteiger charge is 2.33. The van der Waals surface area contributed by atoms with Crippen molar-refractivity contribution in [3.8, 4) is 0 Å². The molecule has 0 heterocycles. The highest BCUT2D eigenvalue weighted by atomic mass is 16.5. The second-order valence-electron chi connectivity index (χ2n) is 16.9. The van der Waals surface area contributed by atoms with Gasteiger partial charge in [-0.15, -0.1) is 0 Å². The zero-order chi connectivity index (χ0) is 53.6. The number of esters is 3. The van der Waals surface area contributed by atoms with E-state index >= 15 is 0 Å². The summed E-state index contributed by atoms with van der Waals surface area (Å²) >= 11 is 0. The molecule has 21 heteroatoms.